The van der Waals surface area contributed by atoms with Crippen molar-refractivity contribution in [3.05, 3.63) is 36.5 Å². The van der Waals surface area contributed by atoms with Crippen LogP contribution in [-0.2, 0) is 4.74 Å². The van der Waals surface area contributed by atoms with Crippen molar-refractivity contribution < 1.29 is 4.74 Å². The Morgan fingerprint density at radius 3 is 2.86 bits per heavy atom. The third-order valence-corrected chi connectivity index (χ3v) is 4.05. The quantitative estimate of drug-likeness (QED) is 0.863. The van der Waals surface area contributed by atoms with Gasteiger partial charge in [-0.2, -0.15) is 5.10 Å². The van der Waals surface area contributed by atoms with Gasteiger partial charge < -0.3 is 9.64 Å². The smallest absolute Gasteiger partial charge is 0.147 e. The average molecular weight is 285 g/mol. The number of morpholine rings is 1. The van der Waals surface area contributed by atoms with Gasteiger partial charge in [0, 0.05) is 30.7 Å². The van der Waals surface area contributed by atoms with Crippen LogP contribution in [0, 0.1) is 0 Å². The second kappa shape index (κ2) is 5.11. The van der Waals surface area contributed by atoms with E-state index in [1.54, 1.807) is 12.4 Å². The molecule has 4 rings (SSSR count). The van der Waals surface area contributed by atoms with Crippen molar-refractivity contribution >= 4 is 5.82 Å². The number of anilines is 1. The van der Waals surface area contributed by atoms with E-state index in [1.807, 2.05) is 12.4 Å². The molecule has 6 nitrogen and oxygen atoms in total. The summed E-state index contributed by atoms with van der Waals surface area (Å²) in [6, 6.07) is 0.607. The first kappa shape index (κ1) is 12.8. The number of hydrogen-bond acceptors (Lipinski definition) is 5. The van der Waals surface area contributed by atoms with E-state index < -0.39 is 0 Å². The van der Waals surface area contributed by atoms with Crippen LogP contribution in [0.4, 0.5) is 5.82 Å². The lowest BCUT2D eigenvalue weighted by atomic mass is 10.1. The Morgan fingerprint density at radius 1 is 1.19 bits per heavy atom. The number of hydrogen-bond donors (Lipinski definition) is 0. The summed E-state index contributed by atoms with van der Waals surface area (Å²) < 4.78 is 8.17. The van der Waals surface area contributed by atoms with Gasteiger partial charge in [-0.15, -0.1) is 0 Å². The molecule has 2 aliphatic rings. The molecular formula is C15H19N5O. The van der Waals surface area contributed by atoms with Crippen molar-refractivity contribution in [3.63, 3.8) is 0 Å². The summed E-state index contributed by atoms with van der Waals surface area (Å²) in [6.45, 7) is 3.73. The van der Waals surface area contributed by atoms with Crippen molar-refractivity contribution in [3.8, 4) is 0 Å². The van der Waals surface area contributed by atoms with Crippen molar-refractivity contribution in [1.82, 2.24) is 19.7 Å². The third kappa shape index (κ3) is 2.63. The maximum absolute atomic E-state index is 6.09. The van der Waals surface area contributed by atoms with Gasteiger partial charge in [-0.1, -0.05) is 0 Å². The molecule has 1 aliphatic heterocycles. The summed E-state index contributed by atoms with van der Waals surface area (Å²) in [4.78, 5) is 10.8. The molecule has 1 saturated carbocycles. The average Bonchev–Trinajstić information content (AvgIpc) is 3.25. The van der Waals surface area contributed by atoms with E-state index in [0.717, 1.165) is 24.5 Å². The molecule has 110 valence electrons. The monoisotopic (exact) mass is 285 g/mol. The van der Waals surface area contributed by atoms with Gasteiger partial charge in [0.2, 0.25) is 0 Å². The van der Waals surface area contributed by atoms with E-state index >= 15 is 0 Å². The van der Waals surface area contributed by atoms with E-state index in [1.165, 1.54) is 12.8 Å². The number of rotatable bonds is 3. The van der Waals surface area contributed by atoms with Gasteiger partial charge in [-0.25, -0.2) is 4.98 Å². The van der Waals surface area contributed by atoms with Crippen molar-refractivity contribution in [2.24, 2.45) is 0 Å². The Morgan fingerprint density at radius 2 is 2.10 bits per heavy atom. The molecule has 0 amide bonds. The number of nitrogens with zero attached hydrogens (tertiary/aromatic N) is 5. The first-order valence-electron chi connectivity index (χ1n) is 7.50. The van der Waals surface area contributed by atoms with Gasteiger partial charge in [0.15, 0.2) is 0 Å². The van der Waals surface area contributed by atoms with Crippen LogP contribution < -0.4 is 4.90 Å². The van der Waals surface area contributed by atoms with Crippen LogP contribution in [0.5, 0.6) is 0 Å². The van der Waals surface area contributed by atoms with Crippen molar-refractivity contribution in [2.45, 2.75) is 38.0 Å². The summed E-state index contributed by atoms with van der Waals surface area (Å²) >= 11 is 0. The highest BCUT2D eigenvalue weighted by atomic mass is 16.5. The second-order valence-electron chi connectivity index (χ2n) is 5.89. The maximum Gasteiger partial charge on any atom is 0.147 e. The zero-order valence-corrected chi connectivity index (χ0v) is 12.1. The zero-order valence-electron chi connectivity index (χ0n) is 12.1. The fourth-order valence-electron chi connectivity index (χ4n) is 2.83. The molecule has 2 fully saturated rings. The molecule has 0 bridgehead atoms. The molecule has 2 aromatic rings. The van der Waals surface area contributed by atoms with E-state index in [2.05, 4.69) is 37.8 Å². The van der Waals surface area contributed by atoms with E-state index in [4.69, 9.17) is 4.74 Å². The normalized spacial score (nSPS) is 26.0. The highest BCUT2D eigenvalue weighted by Crippen LogP contribution is 2.35. The summed E-state index contributed by atoms with van der Waals surface area (Å²) in [5, 5.41) is 4.47. The Labute approximate surface area is 123 Å². The summed E-state index contributed by atoms with van der Waals surface area (Å²) in [5.74, 6) is 0.909. The molecular weight excluding hydrogens is 266 g/mol. The van der Waals surface area contributed by atoms with Crippen LogP contribution in [0.3, 0.4) is 0 Å². The fourth-order valence-corrected chi connectivity index (χ4v) is 2.83. The van der Waals surface area contributed by atoms with Crippen LogP contribution in [0.15, 0.2) is 31.0 Å². The first-order chi connectivity index (χ1) is 10.3. The molecule has 0 aromatic carbocycles. The minimum atomic E-state index is 0.0447. The van der Waals surface area contributed by atoms with E-state index in [9.17, 15) is 0 Å². The van der Waals surface area contributed by atoms with Gasteiger partial charge in [-0.05, 0) is 19.8 Å². The molecule has 0 N–H and O–H groups in total. The molecule has 3 heterocycles. The molecule has 0 radical (unpaired) electrons. The molecule has 21 heavy (non-hydrogen) atoms. The maximum atomic E-state index is 6.09. The first-order valence-corrected chi connectivity index (χ1v) is 7.50. The SMILES string of the molecule is CC1CN(c2cnccn2)CC(c2cnn(C3CC3)c2)O1. The van der Waals surface area contributed by atoms with Gasteiger partial charge in [-0.3, -0.25) is 9.67 Å². The molecule has 2 aromatic heterocycles. The predicted octanol–water partition coefficient (Wildman–Crippen LogP) is 1.97. The highest BCUT2D eigenvalue weighted by molar-refractivity contribution is 5.37. The fraction of sp³-hybridized carbons (Fsp3) is 0.533. The zero-order chi connectivity index (χ0) is 14.2. The van der Waals surface area contributed by atoms with E-state index in [-0.39, 0.29) is 12.2 Å². The molecule has 2 unspecified atom stereocenters. The summed E-state index contributed by atoms with van der Waals surface area (Å²) in [6.07, 6.45) is 12.0. The predicted molar refractivity (Wildman–Crippen MR) is 78.0 cm³/mol. The van der Waals surface area contributed by atoms with E-state index in [0.29, 0.717) is 6.04 Å². The Hall–Kier alpha value is -1.95. The van der Waals surface area contributed by atoms with Crippen LogP contribution in [0.1, 0.15) is 37.5 Å². The van der Waals surface area contributed by atoms with Crippen LogP contribution in [0.2, 0.25) is 0 Å². The van der Waals surface area contributed by atoms with Gasteiger partial charge in [0.25, 0.3) is 0 Å². The Balaban J connectivity index is 1.54. The van der Waals surface area contributed by atoms with Crippen molar-refractivity contribution in [2.75, 3.05) is 18.0 Å². The van der Waals surface area contributed by atoms with Gasteiger partial charge >= 0.3 is 0 Å². The van der Waals surface area contributed by atoms with Crippen LogP contribution in [0.25, 0.3) is 0 Å². The third-order valence-electron chi connectivity index (χ3n) is 4.05. The van der Waals surface area contributed by atoms with Crippen LogP contribution >= 0.6 is 0 Å². The Kier molecular flexibility index (Phi) is 3.11. The molecule has 0 spiro atoms. The van der Waals surface area contributed by atoms with Gasteiger partial charge in [0.05, 0.1) is 31.1 Å². The summed E-state index contributed by atoms with van der Waals surface area (Å²) in [7, 11) is 0. The van der Waals surface area contributed by atoms with Gasteiger partial charge in [0.1, 0.15) is 11.9 Å². The minimum Gasteiger partial charge on any atom is -0.367 e. The van der Waals surface area contributed by atoms with Crippen molar-refractivity contribution in [1.29, 1.82) is 0 Å². The second-order valence-corrected chi connectivity index (χ2v) is 5.89. The topological polar surface area (TPSA) is 56.1 Å². The number of aromatic nitrogens is 4. The molecule has 1 aliphatic carbocycles. The standard InChI is InChI=1S/C15H19N5O/c1-11-8-19(15-7-16-4-5-17-15)10-14(21-11)12-6-18-20(9-12)13-2-3-13/h4-7,9,11,13-14H,2-3,8,10H2,1H3. The lowest BCUT2D eigenvalue weighted by Crippen LogP contribution is -2.43. The molecule has 6 heteroatoms. The number of ether oxygens (including phenoxy) is 1. The lowest BCUT2D eigenvalue weighted by molar-refractivity contribution is -0.0176. The largest absolute Gasteiger partial charge is 0.367 e. The highest BCUT2D eigenvalue weighted by Gasteiger charge is 2.30. The minimum absolute atomic E-state index is 0.0447. The lowest BCUT2D eigenvalue weighted by Gasteiger charge is -2.37. The Bertz CT molecular complexity index is 610. The summed E-state index contributed by atoms with van der Waals surface area (Å²) in [5.41, 5.74) is 1.15. The molecule has 2 atom stereocenters. The van der Waals surface area contributed by atoms with Crippen LogP contribution in [-0.4, -0.2) is 38.9 Å². The molecule has 1 saturated heterocycles.